The van der Waals surface area contributed by atoms with Gasteiger partial charge in [-0.1, -0.05) is 50.2 Å². The lowest BCUT2D eigenvalue weighted by Gasteiger charge is -2.32. The van der Waals surface area contributed by atoms with E-state index in [-0.39, 0.29) is 17.6 Å². The van der Waals surface area contributed by atoms with Crippen molar-refractivity contribution in [1.29, 1.82) is 0 Å². The number of nitrogens with zero attached hydrogens (tertiary/aromatic N) is 2. The molecule has 3 aromatic carbocycles. The molecule has 36 heavy (non-hydrogen) atoms. The highest BCUT2D eigenvalue weighted by atomic mass is 31.2. The second-order valence-electron chi connectivity index (χ2n) is 9.30. The van der Waals surface area contributed by atoms with Gasteiger partial charge in [-0.15, -0.1) is 0 Å². The highest BCUT2D eigenvalue weighted by Crippen LogP contribution is 2.51. The minimum absolute atomic E-state index is 0.0531. The van der Waals surface area contributed by atoms with Crippen molar-refractivity contribution in [2.45, 2.75) is 26.4 Å². The number of ether oxygens (including phenoxy) is 1. The largest absolute Gasteiger partial charge is 0.468 e. The van der Waals surface area contributed by atoms with Gasteiger partial charge in [0.25, 0.3) is 5.69 Å². The van der Waals surface area contributed by atoms with Gasteiger partial charge >= 0.3 is 5.97 Å². The molecule has 10 heteroatoms. The van der Waals surface area contributed by atoms with Gasteiger partial charge in [0.2, 0.25) is 0 Å². The van der Waals surface area contributed by atoms with E-state index in [1.165, 1.54) is 19.2 Å². The summed E-state index contributed by atoms with van der Waals surface area (Å²) < 4.78 is 10.2. The molecule has 190 valence electrons. The number of benzene rings is 3. The quantitative estimate of drug-likeness (QED) is 0.155. The Morgan fingerprint density at radius 3 is 2.22 bits per heavy atom. The van der Waals surface area contributed by atoms with Crippen molar-refractivity contribution in [2.24, 2.45) is 10.7 Å². The minimum atomic E-state index is -2.11. The molecule has 0 fully saturated rings. The van der Waals surface area contributed by atoms with Crippen LogP contribution in [-0.4, -0.2) is 42.9 Å². The molecule has 1 aliphatic heterocycles. The third-order valence-electron chi connectivity index (χ3n) is 6.46. The van der Waals surface area contributed by atoms with Gasteiger partial charge in [-0.05, 0) is 29.0 Å². The first-order valence-electron chi connectivity index (χ1n) is 11.9. The van der Waals surface area contributed by atoms with Gasteiger partial charge in [-0.25, -0.2) is 0 Å². The molecule has 3 aromatic rings. The van der Waals surface area contributed by atoms with Crippen molar-refractivity contribution in [3.63, 3.8) is 0 Å². The number of anilines is 2. The fraction of sp³-hybridized carbons (Fsp3) is 0.346. The molecule has 0 amide bonds. The van der Waals surface area contributed by atoms with E-state index < -0.39 is 18.0 Å². The van der Waals surface area contributed by atoms with Gasteiger partial charge in [0.1, 0.15) is 6.04 Å². The Morgan fingerprint density at radius 1 is 1.08 bits per heavy atom. The van der Waals surface area contributed by atoms with E-state index in [0.29, 0.717) is 25.4 Å². The van der Waals surface area contributed by atoms with E-state index in [1.54, 1.807) is 12.1 Å². The summed E-state index contributed by atoms with van der Waals surface area (Å²) in [5, 5.41) is 24.1. The molecule has 0 aromatic heterocycles. The Hall–Kier alpha value is -3.42. The van der Waals surface area contributed by atoms with Gasteiger partial charge in [-0.3, -0.25) is 25.0 Å². The summed E-state index contributed by atoms with van der Waals surface area (Å²) in [6.45, 7) is 4.39. The zero-order valence-electron chi connectivity index (χ0n) is 20.7. The topological polar surface area (TPSA) is 118 Å². The molecule has 1 aliphatic rings. The summed E-state index contributed by atoms with van der Waals surface area (Å²) >= 11 is 0. The molecular weight excluding hydrogens is 477 g/mol. The van der Waals surface area contributed by atoms with Crippen molar-refractivity contribution in [2.75, 3.05) is 36.6 Å². The number of carbonyl (C=O) groups excluding carboxylic acids is 1. The maximum absolute atomic E-state index is 12.4. The van der Waals surface area contributed by atoms with Crippen LogP contribution in [0.25, 0.3) is 10.8 Å². The van der Waals surface area contributed by atoms with Crippen molar-refractivity contribution in [1.82, 2.24) is 5.32 Å². The van der Waals surface area contributed by atoms with Crippen molar-refractivity contribution in [3.05, 3.63) is 76.3 Å². The molecule has 1 atom stereocenters. The summed E-state index contributed by atoms with van der Waals surface area (Å²) in [6.07, 6.45) is 1.81. The zero-order chi connectivity index (χ0) is 25.7. The molecule has 0 unspecified atom stereocenters. The number of rotatable bonds is 8. The lowest BCUT2D eigenvalue weighted by Crippen LogP contribution is -2.43. The van der Waals surface area contributed by atoms with Crippen LogP contribution in [0.2, 0.25) is 0 Å². The van der Waals surface area contributed by atoms with Crippen molar-refractivity contribution in [3.8, 4) is 0 Å². The smallest absolute Gasteiger partial charge is 0.323 e. The molecule has 3 N–H and O–H groups in total. The predicted octanol–water partition coefficient (Wildman–Crippen LogP) is 5.65. The average molecular weight is 510 g/mol. The van der Waals surface area contributed by atoms with E-state index in [9.17, 15) is 14.9 Å². The first kappa shape index (κ1) is 25.7. The second-order valence-corrected chi connectivity index (χ2v) is 12.7. The van der Waals surface area contributed by atoms with Crippen LogP contribution in [0.4, 0.5) is 17.1 Å². The van der Waals surface area contributed by atoms with Crippen molar-refractivity contribution >= 4 is 40.9 Å². The lowest BCUT2D eigenvalue weighted by atomic mass is 10.1. The number of hydrogen-bond acceptors (Lipinski definition) is 8. The number of nitrogens with one attached hydrogen (secondary N) is 3. The number of non-ortho nitro benzene ring substituents is 1. The highest BCUT2D eigenvalue weighted by molar-refractivity contribution is 7.66. The standard InChI is InChI=1S/C26H32N5O4P/c1-18(2)25(26(32)35-3)29-17-36(30-14-19-10-12-21(13-11-19)31(33)34)15-27-22-8-4-6-20-7-5-9-23(24(20)22)28-16-36/h4-13,18,25,27-29H,14-17H2,1-3H3/t25-/m0/s1. The minimum Gasteiger partial charge on any atom is -0.468 e. The van der Waals surface area contributed by atoms with Crippen LogP contribution in [0, 0.1) is 16.0 Å². The van der Waals surface area contributed by atoms with Crippen LogP contribution in [0.1, 0.15) is 19.4 Å². The molecule has 0 radical (unpaired) electrons. The fourth-order valence-corrected chi connectivity index (χ4v) is 6.92. The van der Waals surface area contributed by atoms with E-state index >= 15 is 0 Å². The summed E-state index contributed by atoms with van der Waals surface area (Å²) in [4.78, 5) is 23.0. The van der Waals surface area contributed by atoms with E-state index in [4.69, 9.17) is 9.48 Å². The van der Waals surface area contributed by atoms with Crippen LogP contribution >= 0.6 is 7.05 Å². The molecule has 0 saturated heterocycles. The molecule has 0 spiro atoms. The first-order chi connectivity index (χ1) is 17.3. The summed E-state index contributed by atoms with van der Waals surface area (Å²) in [5.41, 5.74) is 3.04. The average Bonchev–Trinajstić information content (AvgIpc) is 2.88. The van der Waals surface area contributed by atoms with Gasteiger partial charge in [0.05, 0.1) is 31.1 Å². The molecular formula is C26H32N5O4P. The summed E-state index contributed by atoms with van der Waals surface area (Å²) in [5.74, 6) is -0.237. The highest BCUT2D eigenvalue weighted by Gasteiger charge is 2.28. The Bertz CT molecular complexity index is 1260. The molecule has 1 heterocycles. The van der Waals surface area contributed by atoms with Gasteiger partial charge in [-0.2, -0.15) is 0 Å². The summed E-state index contributed by atoms with van der Waals surface area (Å²) in [6, 6.07) is 18.5. The van der Waals surface area contributed by atoms with Crippen LogP contribution in [0.5, 0.6) is 0 Å². The number of carbonyl (C=O) groups is 1. The first-order valence-corrected chi connectivity index (χ1v) is 14.2. The molecule has 9 nitrogen and oxygen atoms in total. The Labute approximate surface area is 210 Å². The molecule has 0 bridgehead atoms. The lowest BCUT2D eigenvalue weighted by molar-refractivity contribution is -0.384. The number of nitro groups is 1. The number of nitro benzene ring substituents is 1. The zero-order valence-corrected chi connectivity index (χ0v) is 21.6. The monoisotopic (exact) mass is 509 g/mol. The SMILES string of the molecule is COC(=O)[C@@H](NCP1(=NCc2ccc([N+](=O)[O-])cc2)CNc2cccc3cccc(c23)NC1)C(C)C. The Kier molecular flexibility index (Phi) is 7.91. The van der Waals surface area contributed by atoms with Crippen LogP contribution in [0.15, 0.2) is 65.4 Å². The predicted molar refractivity (Wildman–Crippen MR) is 146 cm³/mol. The maximum Gasteiger partial charge on any atom is 0.323 e. The van der Waals surface area contributed by atoms with Crippen LogP contribution < -0.4 is 16.0 Å². The Balaban J connectivity index is 1.67. The maximum atomic E-state index is 12.4. The van der Waals surface area contributed by atoms with Crippen molar-refractivity contribution < 1.29 is 14.5 Å². The van der Waals surface area contributed by atoms with Crippen LogP contribution in [0.3, 0.4) is 0 Å². The Morgan fingerprint density at radius 2 is 1.69 bits per heavy atom. The fourth-order valence-electron chi connectivity index (χ4n) is 4.36. The van der Waals surface area contributed by atoms with E-state index in [0.717, 1.165) is 27.7 Å². The van der Waals surface area contributed by atoms with Gasteiger partial charge in [0.15, 0.2) is 0 Å². The van der Waals surface area contributed by atoms with E-state index in [1.807, 2.05) is 26.0 Å². The third kappa shape index (κ3) is 5.69. The van der Waals surface area contributed by atoms with Crippen LogP contribution in [-0.2, 0) is 16.1 Å². The second kappa shape index (κ2) is 11.1. The molecule has 0 aliphatic carbocycles. The summed E-state index contributed by atoms with van der Waals surface area (Å²) in [7, 11) is -0.711. The number of esters is 1. The van der Waals surface area contributed by atoms with E-state index in [2.05, 4.69) is 40.2 Å². The van der Waals surface area contributed by atoms with Gasteiger partial charge in [0, 0.05) is 42.2 Å². The third-order valence-corrected chi connectivity index (χ3v) is 9.47. The number of methoxy groups -OCH3 is 1. The molecule has 4 rings (SSSR count). The number of hydrogen-bond donors (Lipinski definition) is 3. The normalized spacial score (nSPS) is 15.2. The molecule has 0 saturated carbocycles. The van der Waals surface area contributed by atoms with Gasteiger partial charge < -0.3 is 15.4 Å².